The maximum absolute atomic E-state index is 14.9. The van der Waals surface area contributed by atoms with Crippen LogP contribution in [0.25, 0.3) is 22.0 Å². The lowest BCUT2D eigenvalue weighted by Gasteiger charge is -2.17. The van der Waals surface area contributed by atoms with Crippen LogP contribution in [0.15, 0.2) is 36.4 Å². The summed E-state index contributed by atoms with van der Waals surface area (Å²) in [5.74, 6) is -2.33. The molecule has 2 N–H and O–H groups in total. The lowest BCUT2D eigenvalue weighted by Crippen LogP contribution is -2.43. The number of ether oxygens (including phenoxy) is 1. The molecule has 0 spiro atoms. The fraction of sp³-hybridized carbons (Fsp3) is 0.346. The number of nitrogens with one attached hydrogen (secondary N) is 1. The molecule has 1 aliphatic heterocycles. The van der Waals surface area contributed by atoms with E-state index in [4.69, 9.17) is 4.74 Å². The van der Waals surface area contributed by atoms with Gasteiger partial charge < -0.3 is 20.1 Å². The van der Waals surface area contributed by atoms with Gasteiger partial charge in [-0.1, -0.05) is 13.8 Å². The number of amides is 1. The Hall–Kier alpha value is -3.86. The van der Waals surface area contributed by atoms with Crippen molar-refractivity contribution >= 4 is 35.6 Å². The van der Waals surface area contributed by atoms with Crippen LogP contribution < -0.4 is 15.0 Å². The zero-order chi connectivity index (χ0) is 26.5. The molecular formula is C26H27FN4O5S. The molecule has 1 atom stereocenters. The molecule has 1 saturated heterocycles. The van der Waals surface area contributed by atoms with Crippen LogP contribution in [-0.2, 0) is 4.79 Å². The molecule has 3 aromatic rings. The van der Waals surface area contributed by atoms with Crippen molar-refractivity contribution in [3.05, 3.63) is 47.8 Å². The number of aromatic nitrogens is 2. The SMILES string of the molecule is CC(C)CC(NC(=O)Oc1c(F)cc(-c2nc(-c3ccc(N4CCCC4)cc3)ns2)cc1C=O)C(=O)O. The lowest BCUT2D eigenvalue weighted by molar-refractivity contribution is -0.139. The number of hydrogen-bond acceptors (Lipinski definition) is 8. The first kappa shape index (κ1) is 26.2. The maximum Gasteiger partial charge on any atom is 0.413 e. The van der Waals surface area contributed by atoms with Gasteiger partial charge in [0.1, 0.15) is 11.0 Å². The number of aldehydes is 1. The van der Waals surface area contributed by atoms with E-state index in [-0.39, 0.29) is 17.9 Å². The smallest absolute Gasteiger partial charge is 0.413 e. The number of carboxylic acids is 1. The van der Waals surface area contributed by atoms with Gasteiger partial charge in [-0.25, -0.2) is 19.0 Å². The molecule has 1 aromatic heterocycles. The molecule has 37 heavy (non-hydrogen) atoms. The van der Waals surface area contributed by atoms with Crippen molar-refractivity contribution < 1.29 is 28.6 Å². The third-order valence-electron chi connectivity index (χ3n) is 5.96. The summed E-state index contributed by atoms with van der Waals surface area (Å²) in [6.45, 7) is 5.69. The predicted octanol–water partition coefficient (Wildman–Crippen LogP) is 5.01. The third-order valence-corrected chi connectivity index (χ3v) is 6.73. The number of rotatable bonds is 9. The van der Waals surface area contributed by atoms with Crippen LogP contribution in [0.2, 0.25) is 0 Å². The molecule has 9 nitrogen and oxygen atoms in total. The van der Waals surface area contributed by atoms with Gasteiger partial charge in [-0.15, -0.1) is 0 Å². The second kappa shape index (κ2) is 11.5. The molecule has 1 unspecified atom stereocenters. The topological polar surface area (TPSA) is 122 Å². The molecule has 1 fully saturated rings. The quantitative estimate of drug-likeness (QED) is 0.373. The Kier molecular flexibility index (Phi) is 8.12. The van der Waals surface area contributed by atoms with Crippen molar-refractivity contribution in [1.29, 1.82) is 0 Å². The van der Waals surface area contributed by atoms with E-state index in [1.807, 2.05) is 24.3 Å². The highest BCUT2D eigenvalue weighted by molar-refractivity contribution is 7.09. The van der Waals surface area contributed by atoms with E-state index >= 15 is 0 Å². The van der Waals surface area contributed by atoms with Crippen molar-refractivity contribution in [2.24, 2.45) is 5.92 Å². The number of carboxylic acid groups (broad SMARTS) is 1. The van der Waals surface area contributed by atoms with E-state index in [1.54, 1.807) is 13.8 Å². The first-order valence-corrected chi connectivity index (χ1v) is 12.7. The Morgan fingerprint density at radius 2 is 1.89 bits per heavy atom. The molecule has 1 amide bonds. The Balaban J connectivity index is 1.51. The molecule has 0 radical (unpaired) electrons. The van der Waals surface area contributed by atoms with Gasteiger partial charge in [-0.05, 0) is 73.1 Å². The van der Waals surface area contributed by atoms with Gasteiger partial charge in [0.2, 0.25) is 0 Å². The summed E-state index contributed by atoms with van der Waals surface area (Å²) in [7, 11) is 0. The zero-order valence-electron chi connectivity index (χ0n) is 20.4. The van der Waals surface area contributed by atoms with Crippen LogP contribution in [-0.4, -0.2) is 51.9 Å². The van der Waals surface area contributed by atoms with Crippen LogP contribution in [0.5, 0.6) is 5.75 Å². The summed E-state index contributed by atoms with van der Waals surface area (Å²) in [5, 5.41) is 11.9. The molecule has 2 aromatic carbocycles. The molecule has 0 aliphatic carbocycles. The number of carbonyl (C=O) groups excluding carboxylic acids is 2. The standard InChI is InChI=1S/C26H27FN4O5S/c1-15(2)11-21(25(33)34)28-26(35)36-22-18(14-32)12-17(13-20(22)27)24-29-23(30-37-24)16-5-7-19(8-6-16)31-9-3-4-10-31/h5-8,12-15,21H,3-4,9-11H2,1-2H3,(H,28,35)(H,33,34). The Morgan fingerprint density at radius 3 is 2.51 bits per heavy atom. The first-order valence-electron chi connectivity index (χ1n) is 11.9. The Morgan fingerprint density at radius 1 is 1.19 bits per heavy atom. The number of benzene rings is 2. The van der Waals surface area contributed by atoms with E-state index in [0.717, 1.165) is 41.9 Å². The number of anilines is 1. The number of nitrogens with zero attached hydrogens (tertiary/aromatic N) is 3. The fourth-order valence-electron chi connectivity index (χ4n) is 4.15. The van der Waals surface area contributed by atoms with Crippen LogP contribution in [0, 0.1) is 11.7 Å². The summed E-state index contributed by atoms with van der Waals surface area (Å²) in [5.41, 5.74) is 2.04. The fourth-order valence-corrected chi connectivity index (χ4v) is 4.82. The van der Waals surface area contributed by atoms with Crippen LogP contribution in [0.4, 0.5) is 14.9 Å². The van der Waals surface area contributed by atoms with E-state index < -0.39 is 29.7 Å². The van der Waals surface area contributed by atoms with Gasteiger partial charge in [0.05, 0.1) is 5.56 Å². The van der Waals surface area contributed by atoms with E-state index in [2.05, 4.69) is 19.6 Å². The van der Waals surface area contributed by atoms with Gasteiger partial charge in [-0.2, -0.15) is 4.37 Å². The highest BCUT2D eigenvalue weighted by Gasteiger charge is 2.24. The summed E-state index contributed by atoms with van der Waals surface area (Å²) in [6, 6.07) is 9.17. The minimum Gasteiger partial charge on any atom is -0.480 e. The average Bonchev–Trinajstić information content (AvgIpc) is 3.57. The van der Waals surface area contributed by atoms with Crippen LogP contribution in [0.1, 0.15) is 43.5 Å². The van der Waals surface area contributed by atoms with Crippen molar-refractivity contribution in [3.8, 4) is 27.7 Å². The molecular weight excluding hydrogens is 499 g/mol. The minimum atomic E-state index is -1.24. The van der Waals surface area contributed by atoms with Gasteiger partial charge in [0, 0.05) is 29.9 Å². The molecule has 1 aliphatic rings. The second-order valence-corrected chi connectivity index (χ2v) is 9.96. The molecule has 0 saturated carbocycles. The summed E-state index contributed by atoms with van der Waals surface area (Å²) in [4.78, 5) is 42.1. The molecule has 4 rings (SSSR count). The second-order valence-electron chi connectivity index (χ2n) is 9.21. The van der Waals surface area contributed by atoms with E-state index in [9.17, 15) is 23.9 Å². The third kappa shape index (κ3) is 6.29. The van der Waals surface area contributed by atoms with Crippen molar-refractivity contribution in [1.82, 2.24) is 14.7 Å². The predicted molar refractivity (Wildman–Crippen MR) is 138 cm³/mol. The van der Waals surface area contributed by atoms with Crippen molar-refractivity contribution in [2.75, 3.05) is 18.0 Å². The number of hydrogen-bond donors (Lipinski definition) is 2. The summed E-state index contributed by atoms with van der Waals surface area (Å²) in [6.07, 6.45) is 1.73. The van der Waals surface area contributed by atoms with Crippen molar-refractivity contribution in [3.63, 3.8) is 0 Å². The molecule has 0 bridgehead atoms. The number of halogens is 1. The van der Waals surface area contributed by atoms with Crippen LogP contribution >= 0.6 is 11.5 Å². The monoisotopic (exact) mass is 526 g/mol. The summed E-state index contributed by atoms with van der Waals surface area (Å²) >= 11 is 1.05. The Bertz CT molecular complexity index is 1290. The molecule has 11 heteroatoms. The molecule has 2 heterocycles. The number of carbonyl (C=O) groups is 3. The highest BCUT2D eigenvalue weighted by Crippen LogP contribution is 2.32. The van der Waals surface area contributed by atoms with Gasteiger partial charge in [-0.3, -0.25) is 4.79 Å². The normalized spacial score (nSPS) is 14.0. The van der Waals surface area contributed by atoms with E-state index in [0.29, 0.717) is 22.7 Å². The number of aliphatic carboxylic acids is 1. The zero-order valence-corrected chi connectivity index (χ0v) is 21.3. The average molecular weight is 527 g/mol. The minimum absolute atomic E-state index is 0.0113. The van der Waals surface area contributed by atoms with Crippen LogP contribution in [0.3, 0.4) is 0 Å². The molecule has 194 valence electrons. The summed E-state index contributed by atoms with van der Waals surface area (Å²) < 4.78 is 24.3. The first-order chi connectivity index (χ1) is 17.7. The lowest BCUT2D eigenvalue weighted by atomic mass is 10.0. The maximum atomic E-state index is 14.9. The highest BCUT2D eigenvalue weighted by atomic mass is 32.1. The largest absolute Gasteiger partial charge is 0.480 e. The van der Waals surface area contributed by atoms with E-state index in [1.165, 1.54) is 18.9 Å². The van der Waals surface area contributed by atoms with Gasteiger partial charge in [0.25, 0.3) is 0 Å². The van der Waals surface area contributed by atoms with Gasteiger partial charge >= 0.3 is 12.1 Å². The van der Waals surface area contributed by atoms with Crippen molar-refractivity contribution in [2.45, 2.75) is 39.2 Å². The Labute approximate surface area is 217 Å². The van der Waals surface area contributed by atoms with Gasteiger partial charge in [0.15, 0.2) is 23.7 Å².